The highest BCUT2D eigenvalue weighted by molar-refractivity contribution is 5.74. The molecule has 0 N–H and O–H groups in total. The van der Waals surface area contributed by atoms with E-state index in [-0.39, 0.29) is 18.0 Å². The zero-order valence-electron chi connectivity index (χ0n) is 15.1. The molecule has 0 saturated heterocycles. The Morgan fingerprint density at radius 3 is 2.04 bits per heavy atom. The third kappa shape index (κ3) is 6.35. The average molecular weight is 388 g/mol. The van der Waals surface area contributed by atoms with Crippen molar-refractivity contribution in [3.63, 3.8) is 0 Å². The summed E-state index contributed by atoms with van der Waals surface area (Å²) in [5.41, 5.74) is -0.163. The van der Waals surface area contributed by atoms with Crippen molar-refractivity contribution in [2.24, 2.45) is 0 Å². The summed E-state index contributed by atoms with van der Waals surface area (Å²) in [5, 5.41) is 21.7. The molecule has 9 nitrogen and oxygen atoms in total. The van der Waals surface area contributed by atoms with Crippen LogP contribution in [0.1, 0.15) is 36.0 Å². The monoisotopic (exact) mass is 388 g/mol. The summed E-state index contributed by atoms with van der Waals surface area (Å²) in [6, 6.07) is 10.2. The van der Waals surface area contributed by atoms with Crippen LogP contribution in [-0.4, -0.2) is 29.3 Å². The van der Waals surface area contributed by atoms with E-state index in [9.17, 15) is 25.0 Å². The van der Waals surface area contributed by atoms with Crippen LogP contribution in [0.3, 0.4) is 0 Å². The number of nitro benzene ring substituents is 2. The van der Waals surface area contributed by atoms with Gasteiger partial charge >= 0.3 is 5.69 Å². The van der Waals surface area contributed by atoms with E-state index in [1.54, 1.807) is 24.3 Å². The van der Waals surface area contributed by atoms with Crippen LogP contribution in [0.4, 0.5) is 11.4 Å². The zero-order chi connectivity index (χ0) is 20.4. The molecule has 0 radical (unpaired) electrons. The summed E-state index contributed by atoms with van der Waals surface area (Å²) >= 11 is 0. The number of carbonyl (C=O) groups is 1. The number of carbonyl (C=O) groups excluding carboxylic acids is 1. The Hall–Kier alpha value is -3.49. The summed E-state index contributed by atoms with van der Waals surface area (Å²) in [6.07, 6.45) is 4.07. The first-order valence-corrected chi connectivity index (χ1v) is 8.75. The zero-order valence-corrected chi connectivity index (χ0v) is 15.1. The molecule has 0 spiro atoms. The van der Waals surface area contributed by atoms with Gasteiger partial charge in [-0.1, -0.05) is 0 Å². The van der Waals surface area contributed by atoms with Crippen LogP contribution in [0.25, 0.3) is 0 Å². The van der Waals surface area contributed by atoms with Crippen LogP contribution in [0.2, 0.25) is 0 Å². The number of rotatable bonds is 12. The standard InChI is InChI=1S/C19H20N2O7/c22-14-15-5-8-17(9-6-15)27-11-3-1-2-4-12-28-19-10-7-16(20(23)24)13-18(19)21(25)26/h5-10,13-14H,1-4,11-12H2. The minimum atomic E-state index is -0.693. The maximum atomic E-state index is 11.0. The molecule has 0 heterocycles. The van der Waals surface area contributed by atoms with E-state index >= 15 is 0 Å². The highest BCUT2D eigenvalue weighted by Crippen LogP contribution is 2.31. The topological polar surface area (TPSA) is 122 Å². The Labute approximate surface area is 161 Å². The SMILES string of the molecule is O=Cc1ccc(OCCCCCCOc2ccc([N+](=O)[O-])cc2[N+](=O)[O-])cc1. The highest BCUT2D eigenvalue weighted by atomic mass is 16.6. The van der Waals surface area contributed by atoms with Crippen LogP contribution in [0, 0.1) is 20.2 Å². The van der Waals surface area contributed by atoms with Crippen molar-refractivity contribution in [2.75, 3.05) is 13.2 Å². The highest BCUT2D eigenvalue weighted by Gasteiger charge is 2.20. The third-order valence-electron chi connectivity index (χ3n) is 3.93. The predicted octanol–water partition coefficient (Wildman–Crippen LogP) is 4.33. The smallest absolute Gasteiger partial charge is 0.317 e. The molecule has 0 atom stereocenters. The molecule has 0 aromatic heterocycles. The predicted molar refractivity (Wildman–Crippen MR) is 101 cm³/mol. The second-order valence-electron chi connectivity index (χ2n) is 5.96. The first-order chi connectivity index (χ1) is 13.5. The van der Waals surface area contributed by atoms with E-state index in [0.717, 1.165) is 31.6 Å². The molecule has 2 aromatic rings. The molecule has 0 aliphatic carbocycles. The lowest BCUT2D eigenvalue weighted by Gasteiger charge is -2.08. The van der Waals surface area contributed by atoms with E-state index in [4.69, 9.17) is 9.47 Å². The molecular formula is C19H20N2O7. The molecule has 9 heteroatoms. The van der Waals surface area contributed by atoms with E-state index in [2.05, 4.69) is 0 Å². The Morgan fingerprint density at radius 1 is 0.821 bits per heavy atom. The van der Waals surface area contributed by atoms with Gasteiger partial charge in [-0.25, -0.2) is 0 Å². The molecule has 0 aliphatic heterocycles. The number of unbranched alkanes of at least 4 members (excludes halogenated alkanes) is 3. The number of ether oxygens (including phenoxy) is 2. The minimum absolute atomic E-state index is 0.0257. The van der Waals surface area contributed by atoms with Gasteiger partial charge in [0, 0.05) is 11.6 Å². The molecule has 28 heavy (non-hydrogen) atoms. The van der Waals surface area contributed by atoms with Gasteiger partial charge in [-0.15, -0.1) is 0 Å². The van der Waals surface area contributed by atoms with Gasteiger partial charge in [0.25, 0.3) is 5.69 Å². The van der Waals surface area contributed by atoms with E-state index < -0.39 is 15.5 Å². The number of hydrogen-bond acceptors (Lipinski definition) is 7. The lowest BCUT2D eigenvalue weighted by atomic mass is 10.2. The normalized spacial score (nSPS) is 10.3. The minimum Gasteiger partial charge on any atom is -0.494 e. The number of non-ortho nitro benzene ring substituents is 1. The van der Waals surface area contributed by atoms with E-state index in [0.29, 0.717) is 24.3 Å². The van der Waals surface area contributed by atoms with E-state index in [1.807, 2.05) is 0 Å². The van der Waals surface area contributed by atoms with Gasteiger partial charge in [0.1, 0.15) is 12.0 Å². The second kappa shape index (κ2) is 10.6. The summed E-state index contributed by atoms with van der Waals surface area (Å²) in [5.74, 6) is 0.733. The molecular weight excluding hydrogens is 368 g/mol. The average Bonchev–Trinajstić information content (AvgIpc) is 2.70. The summed E-state index contributed by atoms with van der Waals surface area (Å²) < 4.78 is 11.0. The molecule has 0 fully saturated rings. The van der Waals surface area contributed by atoms with Gasteiger partial charge in [0.15, 0.2) is 5.75 Å². The Morgan fingerprint density at radius 2 is 1.46 bits per heavy atom. The first-order valence-electron chi connectivity index (χ1n) is 8.75. The van der Waals surface area contributed by atoms with Crippen molar-refractivity contribution in [1.29, 1.82) is 0 Å². The fraction of sp³-hybridized carbons (Fsp3) is 0.316. The Bertz CT molecular complexity index is 822. The number of benzene rings is 2. The fourth-order valence-electron chi connectivity index (χ4n) is 2.46. The van der Waals surface area contributed by atoms with Crippen molar-refractivity contribution >= 4 is 17.7 Å². The molecule has 0 unspecified atom stereocenters. The molecule has 2 aromatic carbocycles. The van der Waals surface area contributed by atoms with Gasteiger partial charge in [-0.2, -0.15) is 0 Å². The van der Waals surface area contributed by atoms with Gasteiger partial charge < -0.3 is 9.47 Å². The molecule has 0 aliphatic rings. The number of aldehydes is 1. The van der Waals surface area contributed by atoms with Crippen molar-refractivity contribution in [3.8, 4) is 11.5 Å². The molecule has 0 saturated carbocycles. The third-order valence-corrected chi connectivity index (χ3v) is 3.93. The van der Waals surface area contributed by atoms with Crippen molar-refractivity contribution in [3.05, 3.63) is 68.3 Å². The molecule has 0 bridgehead atoms. The number of hydrogen-bond donors (Lipinski definition) is 0. The van der Waals surface area contributed by atoms with E-state index in [1.165, 1.54) is 12.1 Å². The van der Waals surface area contributed by atoms with Crippen molar-refractivity contribution < 1.29 is 24.1 Å². The molecule has 2 rings (SSSR count). The quantitative estimate of drug-likeness (QED) is 0.229. The van der Waals surface area contributed by atoms with Crippen LogP contribution in [-0.2, 0) is 0 Å². The van der Waals surface area contributed by atoms with Crippen LogP contribution >= 0.6 is 0 Å². The summed E-state index contributed by atoms with van der Waals surface area (Å²) in [4.78, 5) is 30.9. The lowest BCUT2D eigenvalue weighted by Crippen LogP contribution is -2.02. The van der Waals surface area contributed by atoms with Crippen LogP contribution in [0.15, 0.2) is 42.5 Å². The van der Waals surface area contributed by atoms with Gasteiger partial charge in [0.2, 0.25) is 0 Å². The van der Waals surface area contributed by atoms with Crippen molar-refractivity contribution in [1.82, 2.24) is 0 Å². The van der Waals surface area contributed by atoms with Gasteiger partial charge in [0.05, 0.1) is 29.1 Å². The number of nitro groups is 2. The molecule has 148 valence electrons. The maximum Gasteiger partial charge on any atom is 0.317 e. The maximum absolute atomic E-state index is 11.0. The second-order valence-corrected chi connectivity index (χ2v) is 5.96. The van der Waals surface area contributed by atoms with Crippen LogP contribution < -0.4 is 9.47 Å². The van der Waals surface area contributed by atoms with Crippen LogP contribution in [0.5, 0.6) is 11.5 Å². The summed E-state index contributed by atoms with van der Waals surface area (Å²) in [6.45, 7) is 0.835. The van der Waals surface area contributed by atoms with Gasteiger partial charge in [-0.3, -0.25) is 25.0 Å². The Kier molecular flexibility index (Phi) is 7.89. The largest absolute Gasteiger partial charge is 0.494 e. The van der Waals surface area contributed by atoms with Crippen molar-refractivity contribution in [2.45, 2.75) is 25.7 Å². The fourth-order valence-corrected chi connectivity index (χ4v) is 2.46. The number of nitrogens with zero attached hydrogens (tertiary/aromatic N) is 2. The van der Waals surface area contributed by atoms with Gasteiger partial charge in [-0.05, 0) is 56.0 Å². The summed E-state index contributed by atoms with van der Waals surface area (Å²) in [7, 11) is 0. The first kappa shape index (κ1) is 20.8. The lowest BCUT2D eigenvalue weighted by molar-refractivity contribution is -0.394. The molecule has 0 amide bonds. The Balaban J connectivity index is 1.65.